The van der Waals surface area contributed by atoms with E-state index in [1.165, 1.54) is 0 Å². The number of carboxylic acid groups (broad SMARTS) is 1. The van der Waals surface area contributed by atoms with Crippen LogP contribution in [0.5, 0.6) is 0 Å². The predicted octanol–water partition coefficient (Wildman–Crippen LogP) is 1.38. The highest BCUT2D eigenvalue weighted by atomic mass is 35.5. The monoisotopic (exact) mass is 132 g/mol. The summed E-state index contributed by atoms with van der Waals surface area (Å²) < 4.78 is 0. The second kappa shape index (κ2) is 2.52. The van der Waals surface area contributed by atoms with E-state index in [1.807, 2.05) is 0 Å². The lowest BCUT2D eigenvalue weighted by Crippen LogP contribution is -1.97. The van der Waals surface area contributed by atoms with Crippen LogP contribution in [0.3, 0.4) is 0 Å². The van der Waals surface area contributed by atoms with Gasteiger partial charge in [0.2, 0.25) is 0 Å². The first-order valence-electron chi connectivity index (χ1n) is 1.82. The number of rotatable bonds is 2. The summed E-state index contributed by atoms with van der Waals surface area (Å²) >= 11 is 5.15. The van der Waals surface area contributed by atoms with Crippen LogP contribution >= 0.6 is 11.6 Å². The van der Waals surface area contributed by atoms with Gasteiger partial charge in [-0.05, 0) is 0 Å². The molecule has 44 valence electrons. The first-order valence-corrected chi connectivity index (χ1v) is 2.20. The molecule has 0 saturated heterocycles. The lowest BCUT2D eigenvalue weighted by atomic mass is 10.3. The van der Waals surface area contributed by atoms with Crippen molar-refractivity contribution in [2.75, 3.05) is 0 Å². The summed E-state index contributed by atoms with van der Waals surface area (Å²) in [6.45, 7) is 6.28. The standard InChI is InChI=1S/C5H5ClO2/c1-3(4(2)6)5(7)8/h1-2H2,(H,7,8). The summed E-state index contributed by atoms with van der Waals surface area (Å²) in [5.74, 6) is -1.13. The van der Waals surface area contributed by atoms with Crippen molar-refractivity contribution in [3.8, 4) is 0 Å². The molecule has 0 saturated carbocycles. The summed E-state index contributed by atoms with van der Waals surface area (Å²) in [5.41, 5.74) is -0.160. The molecule has 0 aromatic heterocycles. The number of hydrogen-bond acceptors (Lipinski definition) is 1. The van der Waals surface area contributed by atoms with E-state index in [4.69, 9.17) is 16.7 Å². The summed E-state index contributed by atoms with van der Waals surface area (Å²) in [6.07, 6.45) is 0. The number of hydrogen-bond donors (Lipinski definition) is 1. The van der Waals surface area contributed by atoms with E-state index in [9.17, 15) is 4.79 Å². The lowest BCUT2D eigenvalue weighted by Gasteiger charge is -1.90. The Labute approximate surface area is 52.1 Å². The molecular weight excluding hydrogens is 128 g/mol. The molecule has 3 heteroatoms. The van der Waals surface area contributed by atoms with Gasteiger partial charge in [0, 0.05) is 5.03 Å². The maximum absolute atomic E-state index is 9.90. The molecule has 0 radical (unpaired) electrons. The fourth-order valence-corrected chi connectivity index (χ4v) is 0.197. The predicted molar refractivity (Wildman–Crippen MR) is 31.8 cm³/mol. The Morgan fingerprint density at radius 2 is 1.88 bits per heavy atom. The Morgan fingerprint density at radius 3 is 1.88 bits per heavy atom. The third-order valence-corrected chi connectivity index (χ3v) is 0.814. The van der Waals surface area contributed by atoms with Crippen LogP contribution in [0.2, 0.25) is 0 Å². The van der Waals surface area contributed by atoms with Gasteiger partial charge in [-0.3, -0.25) is 0 Å². The van der Waals surface area contributed by atoms with Crippen molar-refractivity contribution in [2.45, 2.75) is 0 Å². The minimum Gasteiger partial charge on any atom is -0.478 e. The van der Waals surface area contributed by atoms with Gasteiger partial charge in [-0.25, -0.2) is 4.79 Å². The second-order valence-electron chi connectivity index (χ2n) is 1.19. The van der Waals surface area contributed by atoms with Crippen LogP contribution in [0.25, 0.3) is 0 Å². The van der Waals surface area contributed by atoms with Crippen LogP contribution in [-0.2, 0) is 4.79 Å². The van der Waals surface area contributed by atoms with Crippen molar-refractivity contribution in [3.05, 3.63) is 23.8 Å². The van der Waals surface area contributed by atoms with Gasteiger partial charge < -0.3 is 5.11 Å². The van der Waals surface area contributed by atoms with E-state index in [2.05, 4.69) is 13.2 Å². The minimum atomic E-state index is -1.13. The summed E-state index contributed by atoms with van der Waals surface area (Å²) in [5, 5.41) is 8.08. The third-order valence-electron chi connectivity index (χ3n) is 0.586. The SMILES string of the molecule is C=C(Cl)C(=C)C(=O)O. The van der Waals surface area contributed by atoms with Crippen LogP contribution in [-0.4, -0.2) is 11.1 Å². The first kappa shape index (κ1) is 7.24. The molecule has 0 aromatic carbocycles. The number of halogens is 1. The zero-order valence-corrected chi connectivity index (χ0v) is 4.90. The molecule has 0 aliphatic carbocycles. The zero-order chi connectivity index (χ0) is 6.73. The Bertz CT molecular complexity index is 133. The Kier molecular flexibility index (Phi) is 2.28. The average molecular weight is 133 g/mol. The Balaban J connectivity index is 4.05. The molecule has 0 bridgehead atoms. The smallest absolute Gasteiger partial charge is 0.336 e. The van der Waals surface area contributed by atoms with E-state index >= 15 is 0 Å². The molecule has 0 aromatic rings. The normalized spacial score (nSPS) is 8.12. The van der Waals surface area contributed by atoms with E-state index in [1.54, 1.807) is 0 Å². The highest BCUT2D eigenvalue weighted by Crippen LogP contribution is 2.08. The molecule has 0 aliphatic rings. The van der Waals surface area contributed by atoms with Gasteiger partial charge in [-0.15, -0.1) is 0 Å². The highest BCUT2D eigenvalue weighted by Gasteiger charge is 2.03. The maximum Gasteiger partial charge on any atom is 0.336 e. The maximum atomic E-state index is 9.90. The van der Waals surface area contributed by atoms with Crippen molar-refractivity contribution < 1.29 is 9.90 Å². The minimum absolute atomic E-state index is 0.0301. The number of carbonyl (C=O) groups is 1. The number of aliphatic carboxylic acids is 1. The van der Waals surface area contributed by atoms with E-state index in [-0.39, 0.29) is 10.6 Å². The zero-order valence-electron chi connectivity index (χ0n) is 4.15. The molecule has 0 rings (SSSR count). The van der Waals surface area contributed by atoms with E-state index in [0.29, 0.717) is 0 Å². The second-order valence-corrected chi connectivity index (χ2v) is 1.64. The van der Waals surface area contributed by atoms with Crippen molar-refractivity contribution in [1.82, 2.24) is 0 Å². The Morgan fingerprint density at radius 1 is 1.50 bits per heavy atom. The van der Waals surface area contributed by atoms with E-state index < -0.39 is 5.97 Å². The van der Waals surface area contributed by atoms with Gasteiger partial charge in [-0.1, -0.05) is 24.8 Å². The third kappa shape index (κ3) is 1.80. The van der Waals surface area contributed by atoms with Crippen LogP contribution in [0.15, 0.2) is 23.8 Å². The number of carboxylic acids is 1. The quantitative estimate of drug-likeness (QED) is 0.455. The van der Waals surface area contributed by atoms with Gasteiger partial charge in [0.05, 0.1) is 5.57 Å². The van der Waals surface area contributed by atoms with Gasteiger partial charge in [-0.2, -0.15) is 0 Å². The first-order chi connectivity index (χ1) is 3.55. The Hall–Kier alpha value is -0.760. The van der Waals surface area contributed by atoms with E-state index in [0.717, 1.165) is 0 Å². The molecule has 0 heterocycles. The van der Waals surface area contributed by atoms with Crippen LogP contribution in [0.1, 0.15) is 0 Å². The molecule has 0 unspecified atom stereocenters. The molecule has 0 amide bonds. The fourth-order valence-electron chi connectivity index (χ4n) is 0.116. The topological polar surface area (TPSA) is 37.3 Å². The molecular formula is C5H5ClO2. The van der Waals surface area contributed by atoms with Crippen LogP contribution in [0, 0.1) is 0 Å². The lowest BCUT2D eigenvalue weighted by molar-refractivity contribution is -0.132. The van der Waals surface area contributed by atoms with Gasteiger partial charge >= 0.3 is 5.97 Å². The molecule has 8 heavy (non-hydrogen) atoms. The van der Waals surface area contributed by atoms with Gasteiger partial charge in [0.15, 0.2) is 0 Å². The van der Waals surface area contributed by atoms with Crippen molar-refractivity contribution in [3.63, 3.8) is 0 Å². The molecule has 2 nitrogen and oxygen atoms in total. The van der Waals surface area contributed by atoms with Crippen LogP contribution in [0.4, 0.5) is 0 Å². The average Bonchev–Trinajstić information content (AvgIpc) is 1.64. The summed E-state index contributed by atoms with van der Waals surface area (Å²) in [7, 11) is 0. The largest absolute Gasteiger partial charge is 0.478 e. The summed E-state index contributed by atoms with van der Waals surface area (Å²) in [6, 6.07) is 0. The molecule has 0 aliphatic heterocycles. The highest BCUT2D eigenvalue weighted by molar-refractivity contribution is 6.34. The molecule has 0 spiro atoms. The van der Waals surface area contributed by atoms with Crippen molar-refractivity contribution in [1.29, 1.82) is 0 Å². The molecule has 0 atom stereocenters. The van der Waals surface area contributed by atoms with Gasteiger partial charge in [0.1, 0.15) is 0 Å². The van der Waals surface area contributed by atoms with Crippen LogP contribution < -0.4 is 0 Å². The fraction of sp³-hybridized carbons (Fsp3) is 0. The van der Waals surface area contributed by atoms with Crippen molar-refractivity contribution >= 4 is 17.6 Å². The molecule has 1 N–H and O–H groups in total. The van der Waals surface area contributed by atoms with Crippen molar-refractivity contribution in [2.24, 2.45) is 0 Å². The molecule has 0 fully saturated rings. The summed E-state index contributed by atoms with van der Waals surface area (Å²) in [4.78, 5) is 9.90. The van der Waals surface area contributed by atoms with Gasteiger partial charge in [0.25, 0.3) is 0 Å².